The number of carbonyl (C=O) groups excluding carboxylic acids is 2. The Kier molecular flexibility index (Phi) is 6.75. The predicted molar refractivity (Wildman–Crippen MR) is 115 cm³/mol. The van der Waals surface area contributed by atoms with E-state index in [0.29, 0.717) is 47.0 Å². The average molecular weight is 438 g/mol. The van der Waals surface area contributed by atoms with E-state index in [1.807, 2.05) is 18.7 Å². The second kappa shape index (κ2) is 9.07. The van der Waals surface area contributed by atoms with E-state index in [0.717, 1.165) is 16.1 Å². The van der Waals surface area contributed by atoms with E-state index in [1.165, 1.54) is 17.4 Å². The molecule has 2 heterocycles. The first-order valence-corrected chi connectivity index (χ1v) is 10.6. The fourth-order valence-corrected chi connectivity index (χ4v) is 4.21. The number of thiazole rings is 1. The Morgan fingerprint density at radius 3 is 2.82 bits per heavy atom. The van der Waals surface area contributed by atoms with Crippen molar-refractivity contribution < 1.29 is 9.59 Å². The SMILES string of the molecule is CC(C)CC(=O)N1CCc2nc(NC(=O)/C=C/c3ccc(Cl)c(Cl)c3)sc2C1. The van der Waals surface area contributed by atoms with Crippen LogP contribution in [0.1, 0.15) is 36.4 Å². The van der Waals surface area contributed by atoms with Crippen LogP contribution in [0.2, 0.25) is 10.0 Å². The van der Waals surface area contributed by atoms with Gasteiger partial charge in [0.25, 0.3) is 0 Å². The Balaban J connectivity index is 1.61. The summed E-state index contributed by atoms with van der Waals surface area (Å²) < 4.78 is 0. The van der Waals surface area contributed by atoms with Crippen LogP contribution in [0.5, 0.6) is 0 Å². The number of fused-ring (bicyclic) bond motifs is 1. The van der Waals surface area contributed by atoms with E-state index >= 15 is 0 Å². The van der Waals surface area contributed by atoms with Gasteiger partial charge in [-0.2, -0.15) is 0 Å². The van der Waals surface area contributed by atoms with Crippen LogP contribution < -0.4 is 5.32 Å². The molecule has 1 aliphatic rings. The Hall–Kier alpha value is -1.89. The minimum atomic E-state index is -0.273. The fourth-order valence-electron chi connectivity index (χ4n) is 2.88. The van der Waals surface area contributed by atoms with Gasteiger partial charge in [0.15, 0.2) is 5.13 Å². The molecule has 1 aliphatic heterocycles. The minimum absolute atomic E-state index is 0.171. The van der Waals surface area contributed by atoms with E-state index in [2.05, 4.69) is 10.3 Å². The Labute approximate surface area is 178 Å². The van der Waals surface area contributed by atoms with Crippen LogP contribution in [-0.2, 0) is 22.6 Å². The summed E-state index contributed by atoms with van der Waals surface area (Å²) in [5, 5.41) is 4.25. The molecule has 148 valence electrons. The molecule has 0 atom stereocenters. The molecule has 0 spiro atoms. The maximum Gasteiger partial charge on any atom is 0.250 e. The lowest BCUT2D eigenvalue weighted by atomic mass is 10.1. The lowest BCUT2D eigenvalue weighted by Crippen LogP contribution is -2.36. The highest BCUT2D eigenvalue weighted by atomic mass is 35.5. The Morgan fingerprint density at radius 1 is 1.32 bits per heavy atom. The molecule has 0 radical (unpaired) electrons. The zero-order valence-corrected chi connectivity index (χ0v) is 18.0. The van der Waals surface area contributed by atoms with Gasteiger partial charge in [0.05, 0.1) is 22.3 Å². The monoisotopic (exact) mass is 437 g/mol. The Morgan fingerprint density at radius 2 is 2.11 bits per heavy atom. The third kappa shape index (κ3) is 5.34. The second-order valence-corrected chi connectivity index (χ2v) is 8.95. The largest absolute Gasteiger partial charge is 0.337 e. The summed E-state index contributed by atoms with van der Waals surface area (Å²) in [5.41, 5.74) is 1.74. The number of nitrogens with zero attached hydrogens (tertiary/aromatic N) is 2. The molecular weight excluding hydrogens is 417 g/mol. The van der Waals surface area contributed by atoms with E-state index in [1.54, 1.807) is 24.3 Å². The van der Waals surface area contributed by atoms with E-state index in [9.17, 15) is 9.59 Å². The first-order chi connectivity index (χ1) is 13.3. The van der Waals surface area contributed by atoms with Crippen LogP contribution in [0.15, 0.2) is 24.3 Å². The number of hydrogen-bond acceptors (Lipinski definition) is 4. The third-order valence-electron chi connectivity index (χ3n) is 4.27. The minimum Gasteiger partial charge on any atom is -0.337 e. The summed E-state index contributed by atoms with van der Waals surface area (Å²) in [4.78, 5) is 31.9. The van der Waals surface area contributed by atoms with Crippen LogP contribution in [0.3, 0.4) is 0 Å². The first-order valence-electron chi connectivity index (χ1n) is 9.02. The average Bonchev–Trinajstić information content (AvgIpc) is 3.03. The number of halogens is 2. The van der Waals surface area contributed by atoms with Gasteiger partial charge in [-0.1, -0.05) is 54.5 Å². The van der Waals surface area contributed by atoms with Crippen molar-refractivity contribution in [2.24, 2.45) is 5.92 Å². The molecule has 1 aromatic carbocycles. The van der Waals surface area contributed by atoms with Crippen molar-refractivity contribution in [2.45, 2.75) is 33.2 Å². The maximum absolute atomic E-state index is 12.3. The summed E-state index contributed by atoms with van der Waals surface area (Å²) in [6.07, 6.45) is 4.36. The normalized spacial score (nSPS) is 13.8. The van der Waals surface area contributed by atoms with Crippen molar-refractivity contribution in [3.05, 3.63) is 50.5 Å². The number of anilines is 1. The molecule has 0 aliphatic carbocycles. The summed E-state index contributed by atoms with van der Waals surface area (Å²) in [6, 6.07) is 5.16. The number of rotatable bonds is 5. The van der Waals surface area contributed by atoms with Crippen molar-refractivity contribution in [2.75, 3.05) is 11.9 Å². The van der Waals surface area contributed by atoms with Gasteiger partial charge in [-0.05, 0) is 29.7 Å². The van der Waals surface area contributed by atoms with Crippen molar-refractivity contribution in [3.63, 3.8) is 0 Å². The number of nitrogens with one attached hydrogen (secondary N) is 1. The van der Waals surface area contributed by atoms with E-state index in [-0.39, 0.29) is 11.8 Å². The molecular formula is C20H21Cl2N3O2S. The van der Waals surface area contributed by atoms with Gasteiger partial charge in [0.2, 0.25) is 11.8 Å². The second-order valence-electron chi connectivity index (χ2n) is 7.05. The van der Waals surface area contributed by atoms with Crippen molar-refractivity contribution in [1.29, 1.82) is 0 Å². The predicted octanol–water partition coefficient (Wildman–Crippen LogP) is 5.03. The molecule has 0 bridgehead atoms. The van der Waals surface area contributed by atoms with Gasteiger partial charge in [-0.15, -0.1) is 0 Å². The standard InChI is InChI=1S/C20H21Cl2N3O2S/c1-12(2)9-19(27)25-8-7-16-17(11-25)28-20(23-16)24-18(26)6-4-13-3-5-14(21)15(22)10-13/h3-6,10,12H,7-9,11H2,1-2H3,(H,23,24,26)/b6-4+. The third-order valence-corrected chi connectivity index (χ3v) is 6.00. The molecule has 2 amide bonds. The van der Waals surface area contributed by atoms with Gasteiger partial charge in [0.1, 0.15) is 0 Å². The number of carbonyl (C=O) groups is 2. The number of hydrogen-bond donors (Lipinski definition) is 1. The number of benzene rings is 1. The summed E-state index contributed by atoms with van der Waals surface area (Å²) in [7, 11) is 0. The molecule has 0 unspecified atom stereocenters. The number of amides is 2. The molecule has 2 aromatic rings. The van der Waals surface area contributed by atoms with Gasteiger partial charge in [0, 0.05) is 30.3 Å². The molecule has 0 saturated heterocycles. The quantitative estimate of drug-likeness (QED) is 0.666. The summed E-state index contributed by atoms with van der Waals surface area (Å²) in [5.74, 6) is 0.238. The van der Waals surface area contributed by atoms with Gasteiger partial charge in [-0.25, -0.2) is 4.98 Å². The van der Waals surface area contributed by atoms with Crippen molar-refractivity contribution >= 4 is 57.6 Å². The molecule has 28 heavy (non-hydrogen) atoms. The summed E-state index contributed by atoms with van der Waals surface area (Å²) >= 11 is 13.3. The molecule has 3 rings (SSSR count). The molecule has 5 nitrogen and oxygen atoms in total. The summed E-state index contributed by atoms with van der Waals surface area (Å²) in [6.45, 7) is 5.32. The van der Waals surface area contributed by atoms with E-state index in [4.69, 9.17) is 23.2 Å². The lowest BCUT2D eigenvalue weighted by molar-refractivity contribution is -0.132. The van der Waals surface area contributed by atoms with Crippen LogP contribution >= 0.6 is 34.5 Å². The molecule has 8 heteroatoms. The van der Waals surface area contributed by atoms with Crippen LogP contribution in [0, 0.1) is 5.92 Å². The fraction of sp³-hybridized carbons (Fsp3) is 0.350. The molecule has 1 aromatic heterocycles. The molecule has 1 N–H and O–H groups in total. The van der Waals surface area contributed by atoms with Crippen molar-refractivity contribution in [3.8, 4) is 0 Å². The van der Waals surface area contributed by atoms with Gasteiger partial charge >= 0.3 is 0 Å². The van der Waals surface area contributed by atoms with Crippen LogP contribution in [0.25, 0.3) is 6.08 Å². The van der Waals surface area contributed by atoms with Crippen LogP contribution in [-0.4, -0.2) is 28.2 Å². The topological polar surface area (TPSA) is 62.3 Å². The highest BCUT2D eigenvalue weighted by Crippen LogP contribution is 2.29. The number of aromatic nitrogens is 1. The van der Waals surface area contributed by atoms with Gasteiger partial charge < -0.3 is 4.90 Å². The lowest BCUT2D eigenvalue weighted by Gasteiger charge is -2.26. The van der Waals surface area contributed by atoms with Gasteiger partial charge in [-0.3, -0.25) is 14.9 Å². The first kappa shape index (κ1) is 20.8. The smallest absolute Gasteiger partial charge is 0.250 e. The van der Waals surface area contributed by atoms with Crippen molar-refractivity contribution in [1.82, 2.24) is 9.88 Å². The zero-order valence-electron chi connectivity index (χ0n) is 15.7. The molecule has 0 saturated carbocycles. The zero-order chi connectivity index (χ0) is 20.3. The maximum atomic E-state index is 12.3. The highest BCUT2D eigenvalue weighted by Gasteiger charge is 2.24. The molecule has 0 fully saturated rings. The van der Waals surface area contributed by atoms with Crippen LogP contribution in [0.4, 0.5) is 5.13 Å². The highest BCUT2D eigenvalue weighted by molar-refractivity contribution is 7.15. The van der Waals surface area contributed by atoms with E-state index < -0.39 is 0 Å². The Bertz CT molecular complexity index is 924.